The molecule has 5 nitrogen and oxygen atoms in total. The van der Waals surface area contributed by atoms with Crippen molar-refractivity contribution >= 4 is 17.6 Å². The van der Waals surface area contributed by atoms with Crippen LogP contribution in [0.4, 0.5) is 0 Å². The van der Waals surface area contributed by atoms with E-state index < -0.39 is 5.97 Å². The lowest BCUT2D eigenvalue weighted by molar-refractivity contribution is 0.0563. The van der Waals surface area contributed by atoms with E-state index >= 15 is 0 Å². The zero-order valence-electron chi connectivity index (χ0n) is 12.2. The van der Waals surface area contributed by atoms with E-state index in [1.54, 1.807) is 12.1 Å². The molecule has 0 saturated heterocycles. The smallest absolute Gasteiger partial charge is 0.374 e. The van der Waals surface area contributed by atoms with Crippen LogP contribution in [0, 0.1) is 0 Å². The Morgan fingerprint density at radius 3 is 2.86 bits per heavy atom. The van der Waals surface area contributed by atoms with Crippen molar-refractivity contribution in [2.75, 3.05) is 20.3 Å². The van der Waals surface area contributed by atoms with E-state index in [9.17, 15) is 9.90 Å². The molecule has 0 aliphatic carbocycles. The highest BCUT2D eigenvalue weighted by molar-refractivity contribution is 6.31. The first kappa shape index (κ1) is 16.5. The molecular weight excluding hydrogens is 306 g/mol. The molecule has 0 amide bonds. The average Bonchev–Trinajstić information content (AvgIpc) is 3.00. The molecule has 0 aliphatic rings. The molecule has 0 aliphatic heterocycles. The Hall–Kier alpha value is -1.82. The number of methoxy groups -OCH3 is 1. The molecule has 1 aromatic carbocycles. The van der Waals surface area contributed by atoms with Gasteiger partial charge in [-0.1, -0.05) is 29.8 Å². The minimum atomic E-state index is -0.508. The van der Waals surface area contributed by atoms with E-state index in [4.69, 9.17) is 16.0 Å². The van der Waals surface area contributed by atoms with Crippen molar-refractivity contribution in [1.29, 1.82) is 0 Å². The minimum absolute atomic E-state index is 0.0218. The summed E-state index contributed by atoms with van der Waals surface area (Å²) in [5.41, 5.74) is 1.60. The van der Waals surface area contributed by atoms with Crippen LogP contribution in [0.15, 0.2) is 41.0 Å². The SMILES string of the molecule is COC(=O)c1occc1CNCC(CO)c1ccccc1Cl. The number of furan rings is 1. The van der Waals surface area contributed by atoms with Gasteiger partial charge in [-0.25, -0.2) is 4.79 Å². The number of esters is 1. The molecule has 0 fully saturated rings. The number of halogens is 1. The maximum atomic E-state index is 11.5. The van der Waals surface area contributed by atoms with Gasteiger partial charge < -0.3 is 19.6 Å². The summed E-state index contributed by atoms with van der Waals surface area (Å²) in [6.45, 7) is 0.930. The van der Waals surface area contributed by atoms with Gasteiger partial charge in [-0.3, -0.25) is 0 Å². The molecule has 1 atom stereocenters. The van der Waals surface area contributed by atoms with E-state index in [0.29, 0.717) is 23.7 Å². The largest absolute Gasteiger partial charge is 0.463 e. The summed E-state index contributed by atoms with van der Waals surface area (Å²) >= 11 is 6.15. The topological polar surface area (TPSA) is 71.7 Å². The minimum Gasteiger partial charge on any atom is -0.463 e. The van der Waals surface area contributed by atoms with Gasteiger partial charge >= 0.3 is 5.97 Å². The second-order valence-electron chi connectivity index (χ2n) is 4.80. The number of rotatable bonds is 7. The lowest BCUT2D eigenvalue weighted by atomic mass is 10.00. The maximum Gasteiger partial charge on any atom is 0.374 e. The van der Waals surface area contributed by atoms with Crippen LogP contribution in [0.5, 0.6) is 0 Å². The number of carbonyl (C=O) groups excluding carboxylic acids is 1. The Morgan fingerprint density at radius 1 is 1.41 bits per heavy atom. The molecule has 2 aromatic rings. The van der Waals surface area contributed by atoms with Crippen molar-refractivity contribution in [3.63, 3.8) is 0 Å². The standard InChI is InChI=1S/C16H18ClNO4/c1-21-16(20)15-11(6-7-22-15)8-18-9-12(10-19)13-4-2-3-5-14(13)17/h2-7,12,18-19H,8-10H2,1H3. The van der Waals surface area contributed by atoms with Gasteiger partial charge in [0.05, 0.1) is 20.0 Å². The summed E-state index contributed by atoms with van der Waals surface area (Å²) in [5.74, 6) is -0.443. The summed E-state index contributed by atoms with van der Waals surface area (Å²) in [6, 6.07) is 9.13. The monoisotopic (exact) mass is 323 g/mol. The first-order valence-corrected chi connectivity index (χ1v) is 7.25. The van der Waals surface area contributed by atoms with E-state index in [1.165, 1.54) is 13.4 Å². The average molecular weight is 324 g/mol. The number of aliphatic hydroxyl groups is 1. The molecule has 1 unspecified atom stereocenters. The molecule has 22 heavy (non-hydrogen) atoms. The van der Waals surface area contributed by atoms with Crippen molar-refractivity contribution in [3.8, 4) is 0 Å². The van der Waals surface area contributed by atoms with Gasteiger partial charge in [-0.05, 0) is 17.7 Å². The van der Waals surface area contributed by atoms with Crippen molar-refractivity contribution in [2.24, 2.45) is 0 Å². The van der Waals surface area contributed by atoms with E-state index in [0.717, 1.165) is 5.56 Å². The van der Waals surface area contributed by atoms with Crippen molar-refractivity contribution in [2.45, 2.75) is 12.5 Å². The zero-order valence-corrected chi connectivity index (χ0v) is 13.0. The number of hydrogen-bond donors (Lipinski definition) is 2. The van der Waals surface area contributed by atoms with E-state index in [-0.39, 0.29) is 18.3 Å². The van der Waals surface area contributed by atoms with Crippen LogP contribution in [0.1, 0.15) is 27.6 Å². The zero-order chi connectivity index (χ0) is 15.9. The normalized spacial score (nSPS) is 12.1. The highest BCUT2D eigenvalue weighted by atomic mass is 35.5. The van der Waals surface area contributed by atoms with Crippen LogP contribution in [-0.2, 0) is 11.3 Å². The molecule has 0 radical (unpaired) electrons. The Labute approximate surface area is 133 Å². The summed E-state index contributed by atoms with van der Waals surface area (Å²) in [4.78, 5) is 11.5. The van der Waals surface area contributed by atoms with Gasteiger partial charge in [0.15, 0.2) is 0 Å². The lowest BCUT2D eigenvalue weighted by Gasteiger charge is -2.16. The lowest BCUT2D eigenvalue weighted by Crippen LogP contribution is -2.24. The van der Waals surface area contributed by atoms with Gasteiger partial charge in [-0.2, -0.15) is 0 Å². The Bertz CT molecular complexity index is 626. The van der Waals surface area contributed by atoms with Gasteiger partial charge in [0.1, 0.15) is 0 Å². The second kappa shape index (κ2) is 7.98. The molecule has 1 aromatic heterocycles. The second-order valence-corrected chi connectivity index (χ2v) is 5.21. The van der Waals surface area contributed by atoms with Crippen LogP contribution in [0.3, 0.4) is 0 Å². The fourth-order valence-electron chi connectivity index (χ4n) is 2.21. The number of carbonyl (C=O) groups is 1. The Balaban J connectivity index is 1.97. The molecule has 0 bridgehead atoms. The van der Waals surface area contributed by atoms with E-state index in [1.807, 2.05) is 18.2 Å². The molecule has 0 saturated carbocycles. The van der Waals surface area contributed by atoms with E-state index in [2.05, 4.69) is 10.1 Å². The van der Waals surface area contributed by atoms with Gasteiger partial charge in [0.25, 0.3) is 0 Å². The fourth-order valence-corrected chi connectivity index (χ4v) is 2.50. The van der Waals surface area contributed by atoms with Crippen LogP contribution in [-0.4, -0.2) is 31.3 Å². The maximum absolute atomic E-state index is 11.5. The van der Waals surface area contributed by atoms with Gasteiger partial charge in [-0.15, -0.1) is 0 Å². The molecule has 0 spiro atoms. The number of benzene rings is 1. The number of ether oxygens (including phenoxy) is 1. The molecule has 6 heteroatoms. The fraction of sp³-hybridized carbons (Fsp3) is 0.312. The number of nitrogens with one attached hydrogen (secondary N) is 1. The Morgan fingerprint density at radius 2 is 2.18 bits per heavy atom. The summed E-state index contributed by atoms with van der Waals surface area (Å²) in [6.07, 6.45) is 1.45. The van der Waals surface area contributed by atoms with Gasteiger partial charge in [0.2, 0.25) is 5.76 Å². The molecule has 2 N–H and O–H groups in total. The van der Waals surface area contributed by atoms with Crippen molar-refractivity contribution in [1.82, 2.24) is 5.32 Å². The summed E-state index contributed by atoms with van der Waals surface area (Å²) in [5, 5.41) is 13.4. The van der Waals surface area contributed by atoms with Crippen LogP contribution < -0.4 is 5.32 Å². The van der Waals surface area contributed by atoms with Crippen LogP contribution in [0.2, 0.25) is 5.02 Å². The first-order chi connectivity index (χ1) is 10.7. The van der Waals surface area contributed by atoms with Crippen molar-refractivity contribution in [3.05, 3.63) is 58.5 Å². The molecule has 118 valence electrons. The molecule has 1 heterocycles. The quantitative estimate of drug-likeness (QED) is 0.766. The Kier molecular flexibility index (Phi) is 6.00. The highest BCUT2D eigenvalue weighted by Gasteiger charge is 2.17. The predicted octanol–water partition coefficient (Wildman–Crippen LogP) is 2.59. The highest BCUT2D eigenvalue weighted by Crippen LogP contribution is 2.23. The molecule has 2 rings (SSSR count). The summed E-state index contributed by atoms with van der Waals surface area (Å²) < 4.78 is 9.77. The van der Waals surface area contributed by atoms with Crippen LogP contribution >= 0.6 is 11.6 Å². The number of aliphatic hydroxyl groups excluding tert-OH is 1. The van der Waals surface area contributed by atoms with Gasteiger partial charge in [0, 0.05) is 29.6 Å². The predicted molar refractivity (Wildman–Crippen MR) is 83.0 cm³/mol. The molecular formula is C16H18ClNO4. The summed E-state index contributed by atoms with van der Waals surface area (Å²) in [7, 11) is 1.31. The van der Waals surface area contributed by atoms with Crippen LogP contribution in [0.25, 0.3) is 0 Å². The number of hydrogen-bond acceptors (Lipinski definition) is 5. The third-order valence-corrected chi connectivity index (χ3v) is 3.73. The third kappa shape index (κ3) is 3.88. The third-order valence-electron chi connectivity index (χ3n) is 3.39. The first-order valence-electron chi connectivity index (χ1n) is 6.88. The van der Waals surface area contributed by atoms with Crippen molar-refractivity contribution < 1.29 is 19.1 Å².